The van der Waals surface area contributed by atoms with Gasteiger partial charge in [-0.1, -0.05) is 13.8 Å². The molecule has 1 rings (SSSR count). The summed E-state index contributed by atoms with van der Waals surface area (Å²) in [6, 6.07) is 2.77. The van der Waals surface area contributed by atoms with Crippen molar-refractivity contribution < 1.29 is 14.7 Å². The molecule has 0 aliphatic carbocycles. The Balaban J connectivity index is 2.75. The number of urea groups is 1. The minimum atomic E-state index is -1.09. The number of carbonyl (C=O) groups is 2. The Bertz CT molecular complexity index is 469. The predicted octanol–water partition coefficient (Wildman–Crippen LogP) is 2.68. The molecule has 0 saturated carbocycles. The SMILES string of the molecule is CC(C)CN(C(=O)Nc1ccc(C(=O)O)nc1)C(C)C. The van der Waals surface area contributed by atoms with Gasteiger partial charge in [-0.15, -0.1) is 0 Å². The summed E-state index contributed by atoms with van der Waals surface area (Å²) in [6.45, 7) is 8.66. The lowest BCUT2D eigenvalue weighted by Crippen LogP contribution is -2.42. The van der Waals surface area contributed by atoms with Crippen LogP contribution in [-0.4, -0.2) is 39.6 Å². The Kier molecular flexibility index (Phi) is 5.49. The molecule has 1 heterocycles. The molecular weight excluding hydrogens is 258 g/mol. The Morgan fingerprint density at radius 3 is 2.35 bits per heavy atom. The molecule has 0 aliphatic heterocycles. The van der Waals surface area contributed by atoms with Crippen molar-refractivity contribution in [3.05, 3.63) is 24.0 Å². The van der Waals surface area contributed by atoms with Gasteiger partial charge in [0.1, 0.15) is 5.69 Å². The molecule has 1 aromatic heterocycles. The van der Waals surface area contributed by atoms with Crippen molar-refractivity contribution in [3.8, 4) is 0 Å². The Morgan fingerprint density at radius 1 is 1.30 bits per heavy atom. The summed E-state index contributed by atoms with van der Waals surface area (Å²) in [5.74, 6) is -0.720. The van der Waals surface area contributed by atoms with Crippen molar-refractivity contribution >= 4 is 17.7 Å². The van der Waals surface area contributed by atoms with E-state index in [1.807, 2.05) is 27.7 Å². The Hall–Kier alpha value is -2.11. The standard InChI is InChI=1S/C14H21N3O3/c1-9(2)8-17(10(3)4)14(20)16-11-5-6-12(13(18)19)15-7-11/h5-7,9-10H,8H2,1-4H3,(H,16,20)(H,18,19). The zero-order valence-electron chi connectivity index (χ0n) is 12.3. The highest BCUT2D eigenvalue weighted by Crippen LogP contribution is 2.10. The van der Waals surface area contributed by atoms with Gasteiger partial charge in [-0.2, -0.15) is 0 Å². The number of nitrogens with zero attached hydrogens (tertiary/aromatic N) is 2. The Morgan fingerprint density at radius 2 is 1.95 bits per heavy atom. The molecule has 0 spiro atoms. The number of carboxylic acids is 1. The number of hydrogen-bond donors (Lipinski definition) is 2. The highest BCUT2D eigenvalue weighted by molar-refractivity contribution is 5.90. The quantitative estimate of drug-likeness (QED) is 0.868. The number of aromatic nitrogens is 1. The first-order valence-corrected chi connectivity index (χ1v) is 6.58. The van der Waals surface area contributed by atoms with Crippen molar-refractivity contribution in [3.63, 3.8) is 0 Å². The topological polar surface area (TPSA) is 82.5 Å². The van der Waals surface area contributed by atoms with E-state index in [4.69, 9.17) is 5.11 Å². The second kappa shape index (κ2) is 6.88. The largest absolute Gasteiger partial charge is 0.477 e. The number of anilines is 1. The van der Waals surface area contributed by atoms with Crippen LogP contribution < -0.4 is 5.32 Å². The fourth-order valence-corrected chi connectivity index (χ4v) is 1.71. The number of hydrogen-bond acceptors (Lipinski definition) is 3. The van der Waals surface area contributed by atoms with Crippen LogP contribution >= 0.6 is 0 Å². The van der Waals surface area contributed by atoms with Gasteiger partial charge in [-0.05, 0) is 31.9 Å². The molecule has 6 heteroatoms. The summed E-state index contributed by atoms with van der Waals surface area (Å²) in [7, 11) is 0. The third-order valence-electron chi connectivity index (χ3n) is 2.68. The molecule has 20 heavy (non-hydrogen) atoms. The molecule has 0 unspecified atom stereocenters. The van der Waals surface area contributed by atoms with Crippen LogP contribution in [0, 0.1) is 5.92 Å². The summed E-state index contributed by atoms with van der Waals surface area (Å²) >= 11 is 0. The second-order valence-electron chi connectivity index (χ2n) is 5.31. The molecule has 0 saturated heterocycles. The number of amides is 2. The van der Waals surface area contributed by atoms with Gasteiger partial charge in [0.15, 0.2) is 0 Å². The maximum atomic E-state index is 12.2. The molecule has 1 aromatic rings. The fourth-order valence-electron chi connectivity index (χ4n) is 1.71. The van der Waals surface area contributed by atoms with Crippen molar-refractivity contribution in [2.45, 2.75) is 33.7 Å². The molecule has 110 valence electrons. The highest BCUT2D eigenvalue weighted by atomic mass is 16.4. The maximum Gasteiger partial charge on any atom is 0.354 e. The minimum absolute atomic E-state index is 0.0501. The highest BCUT2D eigenvalue weighted by Gasteiger charge is 2.18. The molecule has 2 N–H and O–H groups in total. The average Bonchev–Trinajstić information content (AvgIpc) is 2.35. The molecule has 0 aromatic carbocycles. The van der Waals surface area contributed by atoms with E-state index in [1.165, 1.54) is 18.3 Å². The molecular formula is C14H21N3O3. The van der Waals surface area contributed by atoms with Crippen molar-refractivity contribution in [1.29, 1.82) is 0 Å². The van der Waals surface area contributed by atoms with E-state index < -0.39 is 5.97 Å². The van der Waals surface area contributed by atoms with Crippen LogP contribution in [0.5, 0.6) is 0 Å². The van der Waals surface area contributed by atoms with E-state index >= 15 is 0 Å². The Labute approximate surface area is 118 Å². The first-order chi connectivity index (χ1) is 9.31. The first-order valence-electron chi connectivity index (χ1n) is 6.58. The summed E-state index contributed by atoms with van der Waals surface area (Å²) < 4.78 is 0. The van der Waals surface area contributed by atoms with Crippen LogP contribution in [-0.2, 0) is 0 Å². The third-order valence-corrected chi connectivity index (χ3v) is 2.68. The van der Waals surface area contributed by atoms with Crippen LogP contribution in [0.4, 0.5) is 10.5 Å². The smallest absolute Gasteiger partial charge is 0.354 e. The number of pyridine rings is 1. The zero-order chi connectivity index (χ0) is 15.3. The van der Waals surface area contributed by atoms with Crippen LogP contribution in [0.1, 0.15) is 38.2 Å². The van der Waals surface area contributed by atoms with Crippen LogP contribution in [0.25, 0.3) is 0 Å². The monoisotopic (exact) mass is 279 g/mol. The molecule has 2 amide bonds. The zero-order valence-corrected chi connectivity index (χ0v) is 12.3. The van der Waals surface area contributed by atoms with E-state index in [0.717, 1.165) is 0 Å². The van der Waals surface area contributed by atoms with E-state index in [1.54, 1.807) is 4.90 Å². The molecule has 0 fully saturated rings. The summed E-state index contributed by atoms with van der Waals surface area (Å²) in [5.41, 5.74) is 0.431. The number of aromatic carboxylic acids is 1. The lowest BCUT2D eigenvalue weighted by atomic mass is 10.2. The first kappa shape index (κ1) is 15.9. The van der Waals surface area contributed by atoms with Gasteiger partial charge in [0.25, 0.3) is 0 Å². The van der Waals surface area contributed by atoms with Gasteiger partial charge >= 0.3 is 12.0 Å². The number of carbonyl (C=O) groups excluding carboxylic acids is 1. The van der Waals surface area contributed by atoms with Crippen LogP contribution in [0.2, 0.25) is 0 Å². The van der Waals surface area contributed by atoms with Crippen molar-refractivity contribution in [2.24, 2.45) is 5.92 Å². The van der Waals surface area contributed by atoms with Gasteiger partial charge in [0.05, 0.1) is 11.9 Å². The van der Waals surface area contributed by atoms with Crippen LogP contribution in [0.3, 0.4) is 0 Å². The molecule has 0 aliphatic rings. The second-order valence-corrected chi connectivity index (χ2v) is 5.31. The molecule has 0 bridgehead atoms. The normalized spacial score (nSPS) is 10.7. The van der Waals surface area contributed by atoms with Gasteiger partial charge in [0, 0.05) is 12.6 Å². The summed E-state index contributed by atoms with van der Waals surface area (Å²) in [6.07, 6.45) is 1.34. The van der Waals surface area contributed by atoms with Gasteiger partial charge < -0.3 is 15.3 Å². The van der Waals surface area contributed by atoms with Crippen molar-refractivity contribution in [1.82, 2.24) is 9.88 Å². The predicted molar refractivity (Wildman–Crippen MR) is 76.9 cm³/mol. The lowest BCUT2D eigenvalue weighted by molar-refractivity contribution is 0.0690. The van der Waals surface area contributed by atoms with E-state index in [2.05, 4.69) is 10.3 Å². The summed E-state index contributed by atoms with van der Waals surface area (Å²) in [4.78, 5) is 28.4. The summed E-state index contributed by atoms with van der Waals surface area (Å²) in [5, 5.41) is 11.5. The maximum absolute atomic E-state index is 12.2. The fraction of sp³-hybridized carbons (Fsp3) is 0.500. The molecule has 0 atom stereocenters. The van der Waals surface area contributed by atoms with E-state index in [0.29, 0.717) is 18.2 Å². The minimum Gasteiger partial charge on any atom is -0.477 e. The van der Waals surface area contributed by atoms with Crippen LogP contribution in [0.15, 0.2) is 18.3 Å². The molecule has 6 nitrogen and oxygen atoms in total. The average molecular weight is 279 g/mol. The van der Waals surface area contributed by atoms with E-state index in [9.17, 15) is 9.59 Å². The third kappa shape index (κ3) is 4.53. The number of rotatable bonds is 5. The lowest BCUT2D eigenvalue weighted by Gasteiger charge is -2.28. The van der Waals surface area contributed by atoms with Gasteiger partial charge in [0.2, 0.25) is 0 Å². The van der Waals surface area contributed by atoms with Crippen molar-refractivity contribution in [2.75, 3.05) is 11.9 Å². The molecule has 0 radical (unpaired) electrons. The van der Waals surface area contributed by atoms with Gasteiger partial charge in [-0.25, -0.2) is 14.6 Å². The van der Waals surface area contributed by atoms with Gasteiger partial charge in [-0.3, -0.25) is 0 Å². The van der Waals surface area contributed by atoms with E-state index in [-0.39, 0.29) is 17.8 Å². The number of nitrogens with one attached hydrogen (secondary N) is 1. The number of carboxylic acid groups (broad SMARTS) is 1.